The van der Waals surface area contributed by atoms with Gasteiger partial charge in [0.2, 0.25) is 11.8 Å². The summed E-state index contributed by atoms with van der Waals surface area (Å²) in [6.45, 7) is 8.54. The molecule has 5 aliphatic heterocycles. The number of aromatic hydroxyl groups is 1. The van der Waals surface area contributed by atoms with Gasteiger partial charge in [0, 0.05) is 91.9 Å². The lowest BCUT2D eigenvalue weighted by atomic mass is 9.57. The number of nitrogens with one attached hydrogen (secondary N) is 2. The number of pyridine rings is 1. The summed E-state index contributed by atoms with van der Waals surface area (Å²) in [6.07, 6.45) is 17.6. The number of urea groups is 1. The number of hydrogen-bond acceptors (Lipinski definition) is 11. The van der Waals surface area contributed by atoms with Crippen LogP contribution in [0.5, 0.6) is 11.8 Å². The molecule has 2 atom stereocenters. The Morgan fingerprint density at radius 2 is 1.70 bits per heavy atom. The van der Waals surface area contributed by atoms with Crippen molar-refractivity contribution in [1.82, 2.24) is 35.4 Å². The van der Waals surface area contributed by atoms with Crippen molar-refractivity contribution in [3.05, 3.63) is 77.0 Å². The van der Waals surface area contributed by atoms with Crippen LogP contribution in [0, 0.1) is 47.6 Å². The number of imide groups is 1. The molecule has 14 nitrogen and oxygen atoms in total. The number of piperazine rings is 1. The molecule has 4 amide bonds. The molecular formula is C55H59F2N9O5. The van der Waals surface area contributed by atoms with E-state index in [9.17, 15) is 19.5 Å². The minimum absolute atomic E-state index is 0.0355. The van der Waals surface area contributed by atoms with Crippen molar-refractivity contribution in [1.29, 1.82) is 0 Å². The smallest absolute Gasteiger partial charge is 0.328 e. The van der Waals surface area contributed by atoms with E-state index in [4.69, 9.17) is 21.1 Å². The first-order chi connectivity index (χ1) is 34.3. The van der Waals surface area contributed by atoms with Crippen LogP contribution in [0.25, 0.3) is 32.9 Å². The van der Waals surface area contributed by atoms with Crippen LogP contribution >= 0.6 is 0 Å². The Bertz CT molecular complexity index is 3030. The number of hydrogen-bond donors (Lipinski definition) is 3. The molecule has 71 heavy (non-hydrogen) atoms. The summed E-state index contributed by atoms with van der Waals surface area (Å²) in [5.41, 5.74) is 3.28. The maximum Gasteiger partial charge on any atom is 0.328 e. The van der Waals surface area contributed by atoms with Crippen LogP contribution in [-0.4, -0.2) is 119 Å². The number of nitrogens with zero attached hydrogens (tertiary/aromatic N) is 7. The molecule has 16 heteroatoms. The van der Waals surface area contributed by atoms with E-state index in [-0.39, 0.29) is 68.2 Å². The van der Waals surface area contributed by atoms with Gasteiger partial charge in [-0.25, -0.2) is 13.6 Å². The van der Waals surface area contributed by atoms with Crippen molar-refractivity contribution in [3.8, 4) is 35.4 Å². The van der Waals surface area contributed by atoms with Crippen LogP contribution in [-0.2, 0) is 9.59 Å². The molecule has 2 aliphatic carbocycles. The van der Waals surface area contributed by atoms with Crippen molar-refractivity contribution in [2.24, 2.45) is 16.7 Å². The van der Waals surface area contributed by atoms with E-state index in [1.807, 2.05) is 13.0 Å². The van der Waals surface area contributed by atoms with Crippen molar-refractivity contribution >= 4 is 51.0 Å². The number of halogens is 2. The van der Waals surface area contributed by atoms with Gasteiger partial charge in [0.25, 0.3) is 0 Å². The first kappa shape index (κ1) is 45.7. The van der Waals surface area contributed by atoms with Crippen molar-refractivity contribution in [2.75, 3.05) is 68.8 Å². The van der Waals surface area contributed by atoms with E-state index < -0.39 is 11.6 Å². The minimum Gasteiger partial charge on any atom is -0.508 e. The van der Waals surface area contributed by atoms with E-state index in [1.165, 1.54) is 29.8 Å². The second-order valence-corrected chi connectivity index (χ2v) is 21.8. The third kappa shape index (κ3) is 8.48. The SMILES string of the molecule is C#Cc1c(F)ccc2cc(O)cc(-c3ncc4c(N5CC6CCC(C5)N6)nc(OCC5(CN6CCC7(CC6)CC(C(=O)N6CCC(c8ccc(N9CCC(=O)NC9=O)c(C)c8)CC6)C7)CC5)nc4c3F)c12. The highest BCUT2D eigenvalue weighted by molar-refractivity contribution is 6.06. The van der Waals surface area contributed by atoms with Gasteiger partial charge in [0.05, 0.1) is 17.6 Å². The minimum atomic E-state index is -0.734. The molecule has 7 fully saturated rings. The predicted molar refractivity (Wildman–Crippen MR) is 265 cm³/mol. The number of piperidine rings is 2. The van der Waals surface area contributed by atoms with Gasteiger partial charge >= 0.3 is 12.0 Å². The molecule has 12 rings (SSSR count). The van der Waals surface area contributed by atoms with Crippen LogP contribution in [0.2, 0.25) is 0 Å². The molecule has 5 saturated heterocycles. The second-order valence-electron chi connectivity index (χ2n) is 21.8. The van der Waals surface area contributed by atoms with Crippen LogP contribution in [0.15, 0.2) is 48.7 Å². The topological polar surface area (TPSA) is 156 Å². The monoisotopic (exact) mass is 963 g/mol. The van der Waals surface area contributed by atoms with Gasteiger partial charge in [0.1, 0.15) is 28.6 Å². The van der Waals surface area contributed by atoms with Gasteiger partial charge in [-0.1, -0.05) is 24.1 Å². The van der Waals surface area contributed by atoms with Gasteiger partial charge in [-0.2, -0.15) is 9.97 Å². The number of aromatic nitrogens is 3. The summed E-state index contributed by atoms with van der Waals surface area (Å²) in [5.74, 6) is 1.99. The number of phenolic OH excluding ortho intramolecular Hbond substituents is 1. The van der Waals surface area contributed by atoms with E-state index in [0.29, 0.717) is 73.2 Å². The number of benzene rings is 3. The molecule has 5 aromatic rings. The first-order valence-electron chi connectivity index (χ1n) is 25.5. The average Bonchev–Trinajstić information content (AvgIpc) is 4.05. The third-order valence-corrected chi connectivity index (χ3v) is 17.1. The van der Waals surface area contributed by atoms with Gasteiger partial charge in [-0.15, -0.1) is 6.42 Å². The number of phenols is 1. The molecule has 7 heterocycles. The number of terminal acetylenes is 1. The third-order valence-electron chi connectivity index (χ3n) is 17.1. The number of amides is 4. The van der Waals surface area contributed by atoms with Crippen molar-refractivity contribution in [3.63, 3.8) is 0 Å². The van der Waals surface area contributed by atoms with Gasteiger partial charge in [-0.05, 0) is 136 Å². The maximum atomic E-state index is 17.1. The fourth-order valence-electron chi connectivity index (χ4n) is 12.9. The molecule has 2 unspecified atom stereocenters. The Balaban J connectivity index is 0.681. The molecule has 0 radical (unpaired) electrons. The zero-order valence-electron chi connectivity index (χ0n) is 40.1. The highest BCUT2D eigenvalue weighted by Crippen LogP contribution is 2.55. The molecule has 2 bridgehead atoms. The van der Waals surface area contributed by atoms with Crippen LogP contribution in [0.1, 0.15) is 93.2 Å². The first-order valence-corrected chi connectivity index (χ1v) is 25.5. The summed E-state index contributed by atoms with van der Waals surface area (Å²) >= 11 is 0. The lowest BCUT2D eigenvalue weighted by Gasteiger charge is -2.53. The second kappa shape index (κ2) is 17.7. The standard InChI is InChI=1S/C55H59F2N9O5/c1-3-40-43(56)8-4-35-23-39(67)24-41(46(35)40)48-47(57)49-42(27-58-48)50(65-28-37-6-7-38(29-65)59-37)62-52(61-49)71-31-55(13-14-55)30-63-20-15-54(16-21-63)25-36(26-54)51(69)64-17-10-33(11-18-64)34-5-9-44(32(2)22-34)66-19-12-45(68)60-53(66)70/h1,4-5,8-9,22-24,27,33,36-38,59,67H,6-7,10-21,25-26,28-31H2,2H3,(H,60,68,70). The van der Waals surface area contributed by atoms with Gasteiger partial charge in [0.15, 0.2) is 5.82 Å². The Morgan fingerprint density at radius 3 is 2.41 bits per heavy atom. The van der Waals surface area contributed by atoms with Gasteiger partial charge < -0.3 is 29.9 Å². The summed E-state index contributed by atoms with van der Waals surface area (Å²) < 4.78 is 38.7. The number of fused-ring (bicyclic) bond motifs is 4. The van der Waals surface area contributed by atoms with Gasteiger partial charge in [-0.3, -0.25) is 24.8 Å². The molecule has 3 N–H and O–H groups in total. The molecule has 3 aromatic carbocycles. The summed E-state index contributed by atoms with van der Waals surface area (Å²) in [4.78, 5) is 60.6. The average molecular weight is 964 g/mol. The summed E-state index contributed by atoms with van der Waals surface area (Å²) in [6, 6.07) is 12.1. The van der Waals surface area contributed by atoms with Crippen molar-refractivity contribution < 1.29 is 33.0 Å². The van der Waals surface area contributed by atoms with E-state index in [2.05, 4.69) is 48.4 Å². The van der Waals surface area contributed by atoms with E-state index in [1.54, 1.807) is 11.1 Å². The molecule has 7 aliphatic rings. The Morgan fingerprint density at radius 1 is 0.944 bits per heavy atom. The molecule has 2 saturated carbocycles. The molecule has 2 aromatic heterocycles. The Labute approximate surface area is 411 Å². The normalized spacial score (nSPS) is 23.3. The quantitative estimate of drug-likeness (QED) is 0.119. The summed E-state index contributed by atoms with van der Waals surface area (Å²) in [5, 5.41) is 18.0. The lowest BCUT2D eigenvalue weighted by Crippen LogP contribution is -2.53. The lowest BCUT2D eigenvalue weighted by molar-refractivity contribution is -0.147. The zero-order valence-corrected chi connectivity index (χ0v) is 40.1. The van der Waals surface area contributed by atoms with Crippen LogP contribution < -0.4 is 25.2 Å². The maximum absolute atomic E-state index is 17.1. The number of carbonyl (C=O) groups excluding carboxylic acids is 3. The van der Waals surface area contributed by atoms with E-state index >= 15 is 8.78 Å². The number of rotatable bonds is 10. The molecule has 1 spiro atoms. The Hall–Kier alpha value is -6.44. The number of likely N-dealkylation sites (tertiary alicyclic amines) is 2. The largest absolute Gasteiger partial charge is 0.508 e. The number of ether oxygens (including phenoxy) is 1. The zero-order chi connectivity index (χ0) is 48.8. The Kier molecular flexibility index (Phi) is 11.4. The van der Waals surface area contributed by atoms with Crippen LogP contribution in [0.4, 0.5) is 25.1 Å². The van der Waals surface area contributed by atoms with Crippen LogP contribution in [0.3, 0.4) is 0 Å². The number of anilines is 2. The molecular weight excluding hydrogens is 905 g/mol. The number of carbonyl (C=O) groups is 3. The summed E-state index contributed by atoms with van der Waals surface area (Å²) in [7, 11) is 0. The highest BCUT2D eigenvalue weighted by atomic mass is 19.1. The highest BCUT2D eigenvalue weighted by Gasteiger charge is 2.51. The van der Waals surface area contributed by atoms with Crippen molar-refractivity contribution in [2.45, 2.75) is 95.6 Å². The fraction of sp³-hybridized carbons (Fsp3) is 0.491. The number of aryl methyl sites for hydroxylation is 1. The van der Waals surface area contributed by atoms with E-state index in [0.717, 1.165) is 108 Å². The molecule has 368 valence electrons. The fourth-order valence-corrected chi connectivity index (χ4v) is 12.9. The predicted octanol–water partition coefficient (Wildman–Crippen LogP) is 7.56.